The number of nitrogens with zero attached hydrogens (tertiary/aromatic N) is 4. The number of aliphatic hydroxyl groups excluding tert-OH is 1. The molecular weight excluding hydrogens is 528 g/mol. The summed E-state index contributed by atoms with van der Waals surface area (Å²) >= 11 is 6.23. The van der Waals surface area contributed by atoms with E-state index in [9.17, 15) is 14.7 Å². The molecule has 202 valence electrons. The van der Waals surface area contributed by atoms with Crippen molar-refractivity contribution >= 4 is 34.7 Å². The maximum atomic E-state index is 13.5. The molecule has 1 atom stereocenters. The maximum absolute atomic E-state index is 13.5. The second-order valence-corrected chi connectivity index (χ2v) is 9.94. The third-order valence-electron chi connectivity index (χ3n) is 6.65. The van der Waals surface area contributed by atoms with Gasteiger partial charge in [-0.2, -0.15) is 0 Å². The molecule has 1 aliphatic heterocycles. The Kier molecular flexibility index (Phi) is 8.02. The summed E-state index contributed by atoms with van der Waals surface area (Å²) in [5.74, 6) is -0.459. The Morgan fingerprint density at radius 1 is 1.10 bits per heavy atom. The molecule has 1 amide bonds. The number of halogens is 1. The van der Waals surface area contributed by atoms with E-state index >= 15 is 0 Å². The Morgan fingerprint density at radius 3 is 2.70 bits per heavy atom. The van der Waals surface area contributed by atoms with E-state index in [1.165, 1.54) is 12.4 Å². The van der Waals surface area contributed by atoms with Gasteiger partial charge in [0.25, 0.3) is 5.91 Å². The van der Waals surface area contributed by atoms with Crippen LogP contribution >= 0.6 is 11.6 Å². The Morgan fingerprint density at radius 2 is 1.93 bits per heavy atom. The van der Waals surface area contributed by atoms with Crippen molar-refractivity contribution < 1.29 is 14.7 Å². The maximum Gasteiger partial charge on any atom is 0.251 e. The van der Waals surface area contributed by atoms with Gasteiger partial charge in [0.1, 0.15) is 12.1 Å². The quantitative estimate of drug-likeness (QED) is 0.250. The average Bonchev–Trinajstić information content (AvgIpc) is 3.48. The SMILES string of the molecule is C=C1C=C(O)c2cc(C(=O)N[C@@H](Cc3ccccc3)C(=O)CCCc3cc(Cl)ccc3-n3cnnn3)ccc2N1. The van der Waals surface area contributed by atoms with Gasteiger partial charge in [-0.25, -0.2) is 4.68 Å². The number of hydrogen-bond donors (Lipinski definition) is 3. The molecule has 1 aromatic heterocycles. The first-order valence-electron chi connectivity index (χ1n) is 12.8. The topological polar surface area (TPSA) is 122 Å². The number of carbonyl (C=O) groups is 2. The number of benzene rings is 3. The Bertz CT molecular complexity index is 1580. The molecular formula is C30H27ClN6O3. The number of hydrogen-bond acceptors (Lipinski definition) is 7. The minimum absolute atomic E-state index is 0.0207. The number of nitrogens with one attached hydrogen (secondary N) is 2. The summed E-state index contributed by atoms with van der Waals surface area (Å²) < 4.78 is 1.56. The lowest BCUT2D eigenvalue weighted by molar-refractivity contribution is -0.121. The van der Waals surface area contributed by atoms with Crippen LogP contribution in [0.1, 0.15) is 39.9 Å². The number of aliphatic hydroxyl groups is 1. The molecule has 40 heavy (non-hydrogen) atoms. The highest BCUT2D eigenvalue weighted by atomic mass is 35.5. The van der Waals surface area contributed by atoms with Gasteiger partial charge in [-0.1, -0.05) is 48.5 Å². The molecule has 1 aliphatic rings. The number of aromatic nitrogens is 4. The van der Waals surface area contributed by atoms with Crippen molar-refractivity contribution in [1.82, 2.24) is 25.5 Å². The largest absolute Gasteiger partial charge is 0.507 e. The van der Waals surface area contributed by atoms with Crippen LogP contribution in [-0.2, 0) is 17.6 Å². The van der Waals surface area contributed by atoms with Crippen LogP contribution in [0.2, 0.25) is 5.02 Å². The zero-order valence-electron chi connectivity index (χ0n) is 21.5. The smallest absolute Gasteiger partial charge is 0.251 e. The number of fused-ring (bicyclic) bond motifs is 1. The zero-order valence-corrected chi connectivity index (χ0v) is 22.3. The predicted molar refractivity (Wildman–Crippen MR) is 153 cm³/mol. The molecule has 0 spiro atoms. The molecule has 9 nitrogen and oxygen atoms in total. The highest BCUT2D eigenvalue weighted by Gasteiger charge is 2.23. The molecule has 3 N–H and O–H groups in total. The van der Waals surface area contributed by atoms with E-state index in [0.717, 1.165) is 16.8 Å². The van der Waals surface area contributed by atoms with Gasteiger partial charge in [0.15, 0.2) is 5.78 Å². The molecule has 0 radical (unpaired) electrons. The summed E-state index contributed by atoms with van der Waals surface area (Å²) in [4.78, 5) is 26.7. The lowest BCUT2D eigenvalue weighted by Gasteiger charge is -2.20. The standard InChI is InChI=1S/C30H27ClN6O3/c1-19-14-29(39)24-17-22(10-12-25(24)33-19)30(40)34-26(15-20-6-3-2-4-7-20)28(38)9-5-8-21-16-23(31)11-13-27(21)37-18-32-35-36-37/h2-4,6-7,10-14,16-18,26,33,39H,1,5,8-9,15H2,(H,34,40)/t26-/m0/s1. The number of carbonyl (C=O) groups excluding carboxylic acids is 2. The van der Waals surface area contributed by atoms with Crippen LogP contribution in [0.25, 0.3) is 11.4 Å². The van der Waals surface area contributed by atoms with Crippen LogP contribution in [-0.4, -0.2) is 43.0 Å². The third kappa shape index (κ3) is 6.27. The van der Waals surface area contributed by atoms with E-state index in [0.29, 0.717) is 46.8 Å². The first-order chi connectivity index (χ1) is 19.4. The second kappa shape index (κ2) is 12.0. The number of ketones is 1. The summed E-state index contributed by atoms with van der Waals surface area (Å²) in [6.07, 6.45) is 4.72. The van der Waals surface area contributed by atoms with Gasteiger partial charge < -0.3 is 15.7 Å². The Hall–Kier alpha value is -4.76. The summed E-state index contributed by atoms with van der Waals surface area (Å²) in [6.45, 7) is 3.80. The number of Topliss-reactive ketones (excluding diaryl/α,β-unsaturated/α-hetero) is 1. The van der Waals surface area contributed by atoms with Crippen molar-refractivity contribution in [2.75, 3.05) is 5.32 Å². The van der Waals surface area contributed by atoms with Crippen molar-refractivity contribution in [2.24, 2.45) is 0 Å². The number of tetrazole rings is 1. The van der Waals surface area contributed by atoms with Gasteiger partial charge in [-0.15, -0.1) is 5.10 Å². The van der Waals surface area contributed by atoms with E-state index < -0.39 is 11.9 Å². The lowest BCUT2D eigenvalue weighted by Crippen LogP contribution is -2.42. The van der Waals surface area contributed by atoms with Gasteiger partial charge in [-0.05, 0) is 77.2 Å². The van der Waals surface area contributed by atoms with Crippen molar-refractivity contribution in [3.8, 4) is 5.69 Å². The molecule has 10 heteroatoms. The normalized spacial score (nSPS) is 13.1. The summed E-state index contributed by atoms with van der Waals surface area (Å²) in [7, 11) is 0. The number of allylic oxidation sites excluding steroid dienone is 1. The number of rotatable bonds is 10. The summed E-state index contributed by atoms with van der Waals surface area (Å²) in [6, 6.07) is 19.2. The number of amides is 1. The van der Waals surface area contributed by atoms with Crippen molar-refractivity contribution in [3.05, 3.63) is 119 Å². The highest BCUT2D eigenvalue weighted by molar-refractivity contribution is 6.30. The summed E-state index contributed by atoms with van der Waals surface area (Å²) in [5.41, 5.74) is 4.67. The predicted octanol–water partition coefficient (Wildman–Crippen LogP) is 5.09. The molecule has 0 unspecified atom stereocenters. The monoisotopic (exact) mass is 554 g/mol. The Balaban J connectivity index is 1.30. The van der Waals surface area contributed by atoms with Crippen molar-refractivity contribution in [3.63, 3.8) is 0 Å². The molecule has 0 fully saturated rings. The molecule has 0 saturated carbocycles. The van der Waals surface area contributed by atoms with E-state index in [1.54, 1.807) is 28.9 Å². The molecule has 4 aromatic rings. The van der Waals surface area contributed by atoms with Crippen molar-refractivity contribution in [1.29, 1.82) is 0 Å². The average molecular weight is 555 g/mol. The molecule has 3 aromatic carbocycles. The molecule has 5 rings (SSSR count). The first-order valence-corrected chi connectivity index (χ1v) is 13.2. The van der Waals surface area contributed by atoms with Crippen LogP contribution in [0.3, 0.4) is 0 Å². The van der Waals surface area contributed by atoms with Crippen LogP contribution < -0.4 is 10.6 Å². The van der Waals surface area contributed by atoms with Gasteiger partial charge in [0, 0.05) is 40.0 Å². The number of aryl methyl sites for hydroxylation is 1. The van der Waals surface area contributed by atoms with Crippen LogP contribution in [0.5, 0.6) is 0 Å². The van der Waals surface area contributed by atoms with Gasteiger partial charge in [-0.3, -0.25) is 9.59 Å². The van der Waals surface area contributed by atoms with Crippen LogP contribution in [0.4, 0.5) is 5.69 Å². The fourth-order valence-electron chi connectivity index (χ4n) is 4.67. The summed E-state index contributed by atoms with van der Waals surface area (Å²) in [5, 5.41) is 28.3. The Labute approximate surface area is 236 Å². The van der Waals surface area contributed by atoms with E-state index in [2.05, 4.69) is 32.7 Å². The molecule has 2 heterocycles. The minimum Gasteiger partial charge on any atom is -0.507 e. The van der Waals surface area contributed by atoms with Crippen molar-refractivity contribution in [2.45, 2.75) is 31.7 Å². The fourth-order valence-corrected chi connectivity index (χ4v) is 4.87. The lowest BCUT2D eigenvalue weighted by atomic mass is 9.96. The molecule has 0 saturated heterocycles. The minimum atomic E-state index is -0.730. The first kappa shape index (κ1) is 26.8. The zero-order chi connectivity index (χ0) is 28.1. The highest BCUT2D eigenvalue weighted by Crippen LogP contribution is 2.30. The van der Waals surface area contributed by atoms with Gasteiger partial charge in [0.05, 0.1) is 11.7 Å². The van der Waals surface area contributed by atoms with Crippen LogP contribution in [0, 0.1) is 0 Å². The van der Waals surface area contributed by atoms with E-state index in [-0.39, 0.29) is 18.0 Å². The van der Waals surface area contributed by atoms with Crippen LogP contribution in [0.15, 0.2) is 91.4 Å². The molecule has 0 bridgehead atoms. The molecule has 0 aliphatic carbocycles. The van der Waals surface area contributed by atoms with Gasteiger partial charge >= 0.3 is 0 Å². The second-order valence-electron chi connectivity index (χ2n) is 9.50. The van der Waals surface area contributed by atoms with E-state index in [1.807, 2.05) is 42.5 Å². The van der Waals surface area contributed by atoms with Gasteiger partial charge in [0.2, 0.25) is 0 Å². The van der Waals surface area contributed by atoms with E-state index in [4.69, 9.17) is 11.6 Å². The number of anilines is 1. The third-order valence-corrected chi connectivity index (χ3v) is 6.88. The fraction of sp³-hybridized carbons (Fsp3) is 0.167.